The van der Waals surface area contributed by atoms with Gasteiger partial charge in [-0.1, -0.05) is 18.5 Å². The van der Waals surface area contributed by atoms with Gasteiger partial charge >= 0.3 is 0 Å². The zero-order valence-corrected chi connectivity index (χ0v) is 12.1. The largest absolute Gasteiger partial charge is 0.488 e. The summed E-state index contributed by atoms with van der Waals surface area (Å²) in [6.45, 7) is 5.35. The highest BCUT2D eigenvalue weighted by molar-refractivity contribution is 6.30. The summed E-state index contributed by atoms with van der Waals surface area (Å²) in [4.78, 5) is 2.44. The molecule has 3 nitrogen and oxygen atoms in total. The quantitative estimate of drug-likeness (QED) is 0.904. The predicted molar refractivity (Wildman–Crippen MR) is 77.8 cm³/mol. The Hall–Kier alpha value is -0.770. The van der Waals surface area contributed by atoms with Crippen molar-refractivity contribution in [1.82, 2.24) is 4.90 Å². The Labute approximate surface area is 119 Å². The van der Waals surface area contributed by atoms with Crippen molar-refractivity contribution in [3.05, 3.63) is 28.8 Å². The van der Waals surface area contributed by atoms with Crippen LogP contribution in [0.15, 0.2) is 18.2 Å². The van der Waals surface area contributed by atoms with Gasteiger partial charge in [-0.2, -0.15) is 0 Å². The Balaban J connectivity index is 1.61. The molecule has 2 aliphatic heterocycles. The Morgan fingerprint density at radius 2 is 2.26 bits per heavy atom. The van der Waals surface area contributed by atoms with Crippen molar-refractivity contribution >= 4 is 11.6 Å². The number of piperidine rings is 1. The summed E-state index contributed by atoms with van der Waals surface area (Å²) in [5.41, 5.74) is 7.32. The van der Waals surface area contributed by atoms with Gasteiger partial charge in [-0.05, 0) is 36.1 Å². The molecule has 1 saturated heterocycles. The molecule has 0 aromatic heterocycles. The van der Waals surface area contributed by atoms with E-state index in [-0.39, 0.29) is 6.10 Å². The molecule has 4 heteroatoms. The van der Waals surface area contributed by atoms with Crippen molar-refractivity contribution in [2.24, 2.45) is 11.7 Å². The third-order valence-corrected chi connectivity index (χ3v) is 4.23. The first-order chi connectivity index (χ1) is 9.10. The summed E-state index contributed by atoms with van der Waals surface area (Å²) < 4.78 is 5.99. The van der Waals surface area contributed by atoms with Crippen molar-refractivity contribution in [3.63, 3.8) is 0 Å². The molecular weight excluding hydrogens is 260 g/mol. The molecule has 0 spiro atoms. The number of ether oxygens (including phenoxy) is 1. The molecule has 0 aliphatic carbocycles. The number of nitrogens with zero attached hydrogens (tertiary/aromatic N) is 1. The number of rotatable bonds is 2. The van der Waals surface area contributed by atoms with Crippen LogP contribution in [-0.4, -0.2) is 36.7 Å². The molecule has 104 valence electrons. The topological polar surface area (TPSA) is 38.5 Å². The van der Waals surface area contributed by atoms with Crippen molar-refractivity contribution in [3.8, 4) is 5.75 Å². The van der Waals surface area contributed by atoms with Gasteiger partial charge < -0.3 is 10.5 Å². The number of likely N-dealkylation sites (tertiary alicyclic amines) is 1. The Morgan fingerprint density at radius 3 is 3.05 bits per heavy atom. The average molecular weight is 281 g/mol. The Bertz CT molecular complexity index is 455. The van der Waals surface area contributed by atoms with Crippen molar-refractivity contribution < 1.29 is 4.74 Å². The molecule has 2 aliphatic rings. The number of benzene rings is 1. The van der Waals surface area contributed by atoms with Gasteiger partial charge in [-0.25, -0.2) is 0 Å². The van der Waals surface area contributed by atoms with E-state index in [2.05, 4.69) is 11.8 Å². The first-order valence-corrected chi connectivity index (χ1v) is 7.41. The molecule has 0 amide bonds. The summed E-state index contributed by atoms with van der Waals surface area (Å²) in [5.74, 6) is 1.67. The van der Waals surface area contributed by atoms with E-state index in [1.165, 1.54) is 5.56 Å². The van der Waals surface area contributed by atoms with E-state index in [0.717, 1.165) is 43.2 Å². The molecule has 3 rings (SSSR count). The molecule has 1 aromatic rings. The van der Waals surface area contributed by atoms with Crippen LogP contribution < -0.4 is 10.5 Å². The molecule has 1 aromatic carbocycles. The summed E-state index contributed by atoms with van der Waals surface area (Å²) in [7, 11) is 0. The minimum Gasteiger partial charge on any atom is -0.488 e. The van der Waals surface area contributed by atoms with Gasteiger partial charge in [-0.3, -0.25) is 4.90 Å². The zero-order chi connectivity index (χ0) is 13.4. The third kappa shape index (κ3) is 3.04. The van der Waals surface area contributed by atoms with E-state index in [4.69, 9.17) is 22.1 Å². The van der Waals surface area contributed by atoms with Gasteiger partial charge in [0.25, 0.3) is 0 Å². The molecule has 0 bridgehead atoms. The molecule has 0 radical (unpaired) electrons. The van der Waals surface area contributed by atoms with Crippen molar-refractivity contribution in [2.45, 2.75) is 31.9 Å². The van der Waals surface area contributed by atoms with Crippen LogP contribution in [0.5, 0.6) is 5.75 Å². The van der Waals surface area contributed by atoms with Gasteiger partial charge in [0.05, 0.1) is 0 Å². The second kappa shape index (κ2) is 5.31. The monoisotopic (exact) mass is 280 g/mol. The molecule has 3 atom stereocenters. The van der Waals surface area contributed by atoms with Crippen LogP contribution >= 0.6 is 11.6 Å². The summed E-state index contributed by atoms with van der Waals surface area (Å²) in [6, 6.07) is 6.19. The maximum absolute atomic E-state index is 6.09. The van der Waals surface area contributed by atoms with Crippen LogP contribution in [0.4, 0.5) is 0 Å². The zero-order valence-electron chi connectivity index (χ0n) is 11.3. The Morgan fingerprint density at radius 1 is 1.42 bits per heavy atom. The molecule has 19 heavy (non-hydrogen) atoms. The second-order valence-electron chi connectivity index (χ2n) is 6.02. The van der Waals surface area contributed by atoms with E-state index < -0.39 is 0 Å². The highest BCUT2D eigenvalue weighted by Gasteiger charge is 2.28. The maximum Gasteiger partial charge on any atom is 0.123 e. The predicted octanol–water partition coefficient (Wildman–Crippen LogP) is 2.31. The average Bonchev–Trinajstić information content (AvgIpc) is 2.68. The number of hydrogen-bond donors (Lipinski definition) is 1. The van der Waals surface area contributed by atoms with E-state index in [1.807, 2.05) is 18.2 Å². The Kier molecular flexibility index (Phi) is 3.70. The van der Waals surface area contributed by atoms with Crippen LogP contribution in [-0.2, 0) is 6.42 Å². The smallest absolute Gasteiger partial charge is 0.123 e. The summed E-state index contributed by atoms with van der Waals surface area (Å²) >= 11 is 6.02. The van der Waals surface area contributed by atoms with Crippen molar-refractivity contribution in [1.29, 1.82) is 0 Å². The van der Waals surface area contributed by atoms with Crippen LogP contribution in [0.25, 0.3) is 0 Å². The van der Waals surface area contributed by atoms with Crippen LogP contribution in [0.3, 0.4) is 0 Å². The van der Waals surface area contributed by atoms with Crippen LogP contribution in [0, 0.1) is 5.92 Å². The lowest BCUT2D eigenvalue weighted by Gasteiger charge is -2.35. The van der Waals surface area contributed by atoms with E-state index in [1.54, 1.807) is 0 Å². The number of halogens is 1. The fraction of sp³-hybridized carbons (Fsp3) is 0.600. The standard InChI is InChI=1S/C15H21ClN2O/c1-10-4-13(17)8-18(7-10)9-14-6-11-5-12(16)2-3-15(11)19-14/h2-3,5,10,13-14H,4,6-9,17H2,1H3. The molecule has 3 unspecified atom stereocenters. The molecule has 2 N–H and O–H groups in total. The lowest BCUT2D eigenvalue weighted by Crippen LogP contribution is -2.49. The number of fused-ring (bicyclic) bond motifs is 1. The van der Waals surface area contributed by atoms with Gasteiger partial charge in [0, 0.05) is 37.1 Å². The van der Waals surface area contributed by atoms with Gasteiger partial charge in [0.1, 0.15) is 11.9 Å². The molecular formula is C15H21ClN2O. The minimum absolute atomic E-state index is 0.242. The lowest BCUT2D eigenvalue weighted by molar-refractivity contribution is 0.106. The van der Waals surface area contributed by atoms with E-state index in [0.29, 0.717) is 12.0 Å². The van der Waals surface area contributed by atoms with Crippen LogP contribution in [0.1, 0.15) is 18.9 Å². The third-order valence-electron chi connectivity index (χ3n) is 3.99. The fourth-order valence-corrected chi connectivity index (χ4v) is 3.54. The van der Waals surface area contributed by atoms with E-state index >= 15 is 0 Å². The first-order valence-electron chi connectivity index (χ1n) is 7.03. The summed E-state index contributed by atoms with van der Waals surface area (Å²) in [5, 5.41) is 0.789. The fourth-order valence-electron chi connectivity index (χ4n) is 3.34. The number of nitrogens with two attached hydrogens (primary N) is 1. The second-order valence-corrected chi connectivity index (χ2v) is 6.45. The number of hydrogen-bond acceptors (Lipinski definition) is 3. The normalized spacial score (nSPS) is 31.0. The SMILES string of the molecule is CC1CC(N)CN(CC2Cc3cc(Cl)ccc3O2)C1. The summed E-state index contributed by atoms with van der Waals surface area (Å²) in [6.07, 6.45) is 2.33. The maximum atomic E-state index is 6.09. The molecule has 0 saturated carbocycles. The van der Waals surface area contributed by atoms with Gasteiger partial charge in [0.2, 0.25) is 0 Å². The van der Waals surface area contributed by atoms with Crippen LogP contribution in [0.2, 0.25) is 5.02 Å². The highest BCUT2D eigenvalue weighted by atomic mass is 35.5. The first kappa shape index (κ1) is 13.2. The highest BCUT2D eigenvalue weighted by Crippen LogP contribution is 2.31. The van der Waals surface area contributed by atoms with Gasteiger partial charge in [-0.15, -0.1) is 0 Å². The minimum atomic E-state index is 0.242. The molecule has 1 fully saturated rings. The van der Waals surface area contributed by atoms with Gasteiger partial charge in [0.15, 0.2) is 0 Å². The lowest BCUT2D eigenvalue weighted by atomic mass is 9.96. The molecule has 2 heterocycles. The van der Waals surface area contributed by atoms with Crippen molar-refractivity contribution in [2.75, 3.05) is 19.6 Å². The van der Waals surface area contributed by atoms with E-state index in [9.17, 15) is 0 Å².